The lowest BCUT2D eigenvalue weighted by atomic mass is 10.2. The largest absolute Gasteiger partial charge is 0.390 e. The van der Waals surface area contributed by atoms with E-state index < -0.39 is 0 Å². The van der Waals surface area contributed by atoms with Crippen LogP contribution in [0, 0.1) is 0 Å². The van der Waals surface area contributed by atoms with Crippen LogP contribution >= 0.6 is 0 Å². The molecule has 1 aromatic rings. The van der Waals surface area contributed by atoms with Crippen LogP contribution in [0.3, 0.4) is 0 Å². The first-order chi connectivity index (χ1) is 8.66. The third-order valence-corrected chi connectivity index (χ3v) is 3.46. The van der Waals surface area contributed by atoms with Gasteiger partial charge in [-0.2, -0.15) is 0 Å². The molecule has 2 rings (SSSR count). The van der Waals surface area contributed by atoms with Crippen LogP contribution in [-0.4, -0.2) is 57.1 Å². The average molecular weight is 253 g/mol. The van der Waals surface area contributed by atoms with Gasteiger partial charge in [-0.1, -0.05) is 0 Å². The number of hydrogen-bond donors (Lipinski definition) is 2. The third-order valence-electron chi connectivity index (χ3n) is 3.46. The van der Waals surface area contributed by atoms with E-state index >= 15 is 0 Å². The number of β-amino-alcohol motifs (C(OH)–C–C–N with tert-alkyl or cyclic N) is 1. The van der Waals surface area contributed by atoms with Crippen LogP contribution in [-0.2, 0) is 7.05 Å². The van der Waals surface area contributed by atoms with Gasteiger partial charge < -0.3 is 19.9 Å². The molecule has 1 fully saturated rings. The Kier molecular flexibility index (Phi) is 4.68. The second-order valence-corrected chi connectivity index (χ2v) is 5.09. The minimum Gasteiger partial charge on any atom is -0.390 e. The molecule has 1 aliphatic heterocycles. The van der Waals surface area contributed by atoms with Crippen molar-refractivity contribution in [3.63, 3.8) is 0 Å². The second kappa shape index (κ2) is 6.26. The molecule has 2 atom stereocenters. The van der Waals surface area contributed by atoms with Gasteiger partial charge in [-0.25, -0.2) is 0 Å². The zero-order valence-electron chi connectivity index (χ0n) is 11.2. The number of rotatable bonds is 6. The minimum atomic E-state index is -0.321. The fraction of sp³-hybridized carbons (Fsp3) is 0.833. The molecule has 18 heavy (non-hydrogen) atoms. The zero-order chi connectivity index (χ0) is 13.0. The van der Waals surface area contributed by atoms with E-state index in [4.69, 9.17) is 0 Å². The fourth-order valence-corrected chi connectivity index (χ4v) is 2.42. The Morgan fingerprint density at radius 3 is 2.78 bits per heavy atom. The average Bonchev–Trinajstić information content (AvgIpc) is 2.97. The number of aromatic nitrogens is 3. The number of nitrogens with one attached hydrogen (secondary N) is 1. The number of aryl methyl sites for hydroxylation is 1. The van der Waals surface area contributed by atoms with Crippen molar-refractivity contribution >= 4 is 0 Å². The predicted molar refractivity (Wildman–Crippen MR) is 69.1 cm³/mol. The van der Waals surface area contributed by atoms with E-state index in [-0.39, 0.29) is 12.1 Å². The zero-order valence-corrected chi connectivity index (χ0v) is 11.2. The normalized spacial score (nSPS) is 20.2. The topological polar surface area (TPSA) is 66.2 Å². The number of hydrogen-bond acceptors (Lipinski definition) is 5. The molecule has 2 heterocycles. The van der Waals surface area contributed by atoms with Crippen molar-refractivity contribution in [2.24, 2.45) is 7.05 Å². The molecule has 0 spiro atoms. The third kappa shape index (κ3) is 3.51. The van der Waals surface area contributed by atoms with Crippen molar-refractivity contribution < 1.29 is 5.11 Å². The second-order valence-electron chi connectivity index (χ2n) is 5.09. The van der Waals surface area contributed by atoms with Crippen LogP contribution in [0.1, 0.15) is 31.6 Å². The van der Waals surface area contributed by atoms with Crippen molar-refractivity contribution in [2.75, 3.05) is 26.2 Å². The van der Waals surface area contributed by atoms with Crippen LogP contribution in [0.15, 0.2) is 6.33 Å². The molecule has 0 aliphatic carbocycles. The van der Waals surface area contributed by atoms with Crippen molar-refractivity contribution in [1.29, 1.82) is 0 Å². The van der Waals surface area contributed by atoms with Gasteiger partial charge >= 0.3 is 0 Å². The highest BCUT2D eigenvalue weighted by atomic mass is 16.3. The van der Waals surface area contributed by atoms with Crippen LogP contribution in [0.25, 0.3) is 0 Å². The molecule has 0 aromatic carbocycles. The van der Waals surface area contributed by atoms with Gasteiger partial charge in [-0.15, -0.1) is 10.2 Å². The van der Waals surface area contributed by atoms with Gasteiger partial charge in [0.25, 0.3) is 0 Å². The molecule has 1 saturated heterocycles. The Morgan fingerprint density at radius 2 is 2.17 bits per heavy atom. The summed E-state index contributed by atoms with van der Waals surface area (Å²) in [5, 5.41) is 21.2. The van der Waals surface area contributed by atoms with Gasteiger partial charge in [0.2, 0.25) is 0 Å². The van der Waals surface area contributed by atoms with Gasteiger partial charge in [0.05, 0.1) is 12.1 Å². The highest BCUT2D eigenvalue weighted by molar-refractivity contribution is 4.92. The summed E-state index contributed by atoms with van der Waals surface area (Å²) >= 11 is 0. The highest BCUT2D eigenvalue weighted by Crippen LogP contribution is 2.09. The molecule has 0 saturated carbocycles. The molecule has 6 heteroatoms. The maximum absolute atomic E-state index is 9.98. The molecule has 2 unspecified atom stereocenters. The lowest BCUT2D eigenvalue weighted by Gasteiger charge is -2.21. The summed E-state index contributed by atoms with van der Waals surface area (Å²) < 4.78 is 1.89. The SMILES string of the molecule is CC(NCC(O)CN1CCCC1)c1nncn1C. The van der Waals surface area contributed by atoms with Crippen molar-refractivity contribution in [1.82, 2.24) is 25.0 Å². The van der Waals surface area contributed by atoms with Crippen LogP contribution in [0.2, 0.25) is 0 Å². The lowest BCUT2D eigenvalue weighted by Crippen LogP contribution is -2.38. The van der Waals surface area contributed by atoms with Gasteiger partial charge in [0.1, 0.15) is 12.2 Å². The molecular formula is C12H23N5O. The molecule has 1 aliphatic rings. The number of likely N-dealkylation sites (tertiary alicyclic amines) is 1. The summed E-state index contributed by atoms with van der Waals surface area (Å²) in [5.74, 6) is 0.892. The Balaban J connectivity index is 1.72. The molecule has 2 N–H and O–H groups in total. The molecular weight excluding hydrogens is 230 g/mol. The molecule has 102 valence electrons. The molecule has 0 bridgehead atoms. The predicted octanol–water partition coefficient (Wildman–Crippen LogP) is -0.0776. The summed E-state index contributed by atoms with van der Waals surface area (Å²) in [5.41, 5.74) is 0. The maximum Gasteiger partial charge on any atom is 0.149 e. The van der Waals surface area contributed by atoms with Gasteiger partial charge in [-0.05, 0) is 32.9 Å². The fourth-order valence-electron chi connectivity index (χ4n) is 2.42. The van der Waals surface area contributed by atoms with Crippen LogP contribution in [0.5, 0.6) is 0 Å². The van der Waals surface area contributed by atoms with E-state index in [1.165, 1.54) is 12.8 Å². The summed E-state index contributed by atoms with van der Waals surface area (Å²) in [6, 6.07) is 0.103. The van der Waals surface area contributed by atoms with Crippen molar-refractivity contribution in [3.05, 3.63) is 12.2 Å². The van der Waals surface area contributed by atoms with Crippen molar-refractivity contribution in [3.8, 4) is 0 Å². The Bertz CT molecular complexity index is 361. The monoisotopic (exact) mass is 253 g/mol. The summed E-state index contributed by atoms with van der Waals surface area (Å²) in [6.07, 6.45) is 3.89. The van der Waals surface area contributed by atoms with Gasteiger partial charge in [0.15, 0.2) is 0 Å². The van der Waals surface area contributed by atoms with Gasteiger partial charge in [-0.3, -0.25) is 0 Å². The van der Waals surface area contributed by atoms with E-state index in [2.05, 4.69) is 20.4 Å². The van der Waals surface area contributed by atoms with E-state index in [1.54, 1.807) is 6.33 Å². The van der Waals surface area contributed by atoms with E-state index in [0.29, 0.717) is 6.54 Å². The van der Waals surface area contributed by atoms with Crippen LogP contribution < -0.4 is 5.32 Å². The first-order valence-corrected chi connectivity index (χ1v) is 6.64. The Morgan fingerprint density at radius 1 is 1.44 bits per heavy atom. The number of aliphatic hydroxyl groups is 1. The van der Waals surface area contributed by atoms with E-state index in [9.17, 15) is 5.11 Å². The first-order valence-electron chi connectivity index (χ1n) is 6.64. The summed E-state index contributed by atoms with van der Waals surface area (Å²) in [7, 11) is 1.92. The molecule has 0 radical (unpaired) electrons. The highest BCUT2D eigenvalue weighted by Gasteiger charge is 2.17. The number of aliphatic hydroxyl groups excluding tert-OH is 1. The van der Waals surface area contributed by atoms with E-state index in [0.717, 1.165) is 25.5 Å². The lowest BCUT2D eigenvalue weighted by molar-refractivity contribution is 0.120. The standard InChI is InChI=1S/C12H23N5O/c1-10(12-15-14-9-16(12)2)13-7-11(18)8-17-5-3-4-6-17/h9-11,13,18H,3-8H2,1-2H3. The first kappa shape index (κ1) is 13.5. The van der Waals surface area contributed by atoms with Crippen molar-refractivity contribution in [2.45, 2.75) is 31.9 Å². The Labute approximate surface area is 108 Å². The molecule has 0 amide bonds. The van der Waals surface area contributed by atoms with Crippen LogP contribution in [0.4, 0.5) is 0 Å². The number of nitrogens with zero attached hydrogens (tertiary/aromatic N) is 4. The molecule has 1 aromatic heterocycles. The van der Waals surface area contributed by atoms with E-state index in [1.807, 2.05) is 18.5 Å². The summed E-state index contributed by atoms with van der Waals surface area (Å²) in [6.45, 7) is 5.63. The van der Waals surface area contributed by atoms with Gasteiger partial charge in [0, 0.05) is 20.1 Å². The minimum absolute atomic E-state index is 0.103. The summed E-state index contributed by atoms with van der Waals surface area (Å²) in [4.78, 5) is 2.32. The smallest absolute Gasteiger partial charge is 0.149 e. The maximum atomic E-state index is 9.98. The Hall–Kier alpha value is -0.980. The molecule has 6 nitrogen and oxygen atoms in total. The quantitative estimate of drug-likeness (QED) is 0.742.